The third-order valence-electron chi connectivity index (χ3n) is 3.04. The Kier molecular flexibility index (Phi) is 4.41. The van der Waals surface area contributed by atoms with Crippen LogP contribution >= 0.6 is 34.3 Å². The van der Waals surface area contributed by atoms with Crippen molar-refractivity contribution >= 4 is 40.0 Å². The zero-order chi connectivity index (χ0) is 13.8. The second-order valence-electron chi connectivity index (χ2n) is 4.51. The number of nitrogens with one attached hydrogen (secondary N) is 1. The zero-order valence-electron chi connectivity index (χ0n) is 10.8. The van der Waals surface area contributed by atoms with Crippen molar-refractivity contribution in [2.45, 2.75) is 12.5 Å². The molecule has 4 heteroatoms. The molecule has 0 saturated carbocycles. The smallest absolute Gasteiger partial charge is 0.0654 e. The molecular formula is C16H14ClNS2. The van der Waals surface area contributed by atoms with E-state index in [2.05, 4.69) is 46.4 Å². The van der Waals surface area contributed by atoms with E-state index in [1.807, 2.05) is 18.2 Å². The number of hydrogen-bond donors (Lipinski definition) is 1. The van der Waals surface area contributed by atoms with E-state index >= 15 is 0 Å². The summed E-state index contributed by atoms with van der Waals surface area (Å²) in [6.07, 6.45) is 0.991. The molecule has 20 heavy (non-hydrogen) atoms. The Morgan fingerprint density at radius 2 is 1.85 bits per heavy atom. The van der Waals surface area contributed by atoms with Crippen molar-refractivity contribution in [1.82, 2.24) is 0 Å². The van der Waals surface area contributed by atoms with E-state index in [-0.39, 0.29) is 6.04 Å². The average molecular weight is 320 g/mol. The van der Waals surface area contributed by atoms with Gasteiger partial charge in [0, 0.05) is 26.9 Å². The van der Waals surface area contributed by atoms with E-state index in [9.17, 15) is 0 Å². The Hall–Kier alpha value is -1.29. The van der Waals surface area contributed by atoms with Gasteiger partial charge in [-0.3, -0.25) is 0 Å². The summed E-state index contributed by atoms with van der Waals surface area (Å²) < 4.78 is 0. The minimum Gasteiger partial charge on any atom is -0.377 e. The quantitative estimate of drug-likeness (QED) is 0.621. The van der Waals surface area contributed by atoms with Crippen molar-refractivity contribution in [2.24, 2.45) is 0 Å². The molecule has 1 nitrogen and oxygen atoms in total. The van der Waals surface area contributed by atoms with Crippen molar-refractivity contribution < 1.29 is 0 Å². The SMILES string of the molecule is Clc1cccc(NC(Cc2cccs2)c2cccs2)c1. The molecule has 3 aromatic rings. The number of thiophene rings is 2. The van der Waals surface area contributed by atoms with Gasteiger partial charge in [0.05, 0.1) is 6.04 Å². The summed E-state index contributed by atoms with van der Waals surface area (Å²) in [6.45, 7) is 0. The first kappa shape index (κ1) is 13.7. The summed E-state index contributed by atoms with van der Waals surface area (Å²) in [5.74, 6) is 0. The highest BCUT2D eigenvalue weighted by molar-refractivity contribution is 7.10. The number of halogens is 1. The number of benzene rings is 1. The summed E-state index contributed by atoms with van der Waals surface area (Å²) in [6, 6.07) is 16.7. The lowest BCUT2D eigenvalue weighted by Gasteiger charge is -2.18. The molecule has 1 N–H and O–H groups in total. The van der Waals surface area contributed by atoms with E-state index in [0.29, 0.717) is 0 Å². The second-order valence-corrected chi connectivity index (χ2v) is 6.95. The van der Waals surface area contributed by atoms with E-state index in [1.54, 1.807) is 22.7 Å². The molecule has 0 spiro atoms. The molecule has 0 bridgehead atoms. The average Bonchev–Trinajstić information content (AvgIpc) is 3.11. The van der Waals surface area contributed by atoms with Crippen LogP contribution in [0.3, 0.4) is 0 Å². The summed E-state index contributed by atoms with van der Waals surface area (Å²) in [7, 11) is 0. The first-order valence-electron chi connectivity index (χ1n) is 6.39. The van der Waals surface area contributed by atoms with Gasteiger partial charge in [-0.05, 0) is 41.1 Å². The zero-order valence-corrected chi connectivity index (χ0v) is 13.1. The molecule has 1 aromatic carbocycles. The maximum atomic E-state index is 6.06. The maximum Gasteiger partial charge on any atom is 0.0654 e. The van der Waals surface area contributed by atoms with Gasteiger partial charge in [0.15, 0.2) is 0 Å². The molecule has 0 saturated heterocycles. The van der Waals surface area contributed by atoms with Gasteiger partial charge in [-0.2, -0.15) is 0 Å². The first-order valence-corrected chi connectivity index (χ1v) is 8.53. The van der Waals surface area contributed by atoms with Gasteiger partial charge < -0.3 is 5.32 Å². The van der Waals surface area contributed by atoms with E-state index in [4.69, 9.17) is 11.6 Å². The molecule has 0 amide bonds. The van der Waals surface area contributed by atoms with Gasteiger partial charge in [-0.25, -0.2) is 0 Å². The Morgan fingerprint density at radius 1 is 1.00 bits per heavy atom. The third kappa shape index (κ3) is 3.42. The normalized spacial score (nSPS) is 12.2. The monoisotopic (exact) mass is 319 g/mol. The third-order valence-corrected chi connectivity index (χ3v) is 5.16. The summed E-state index contributed by atoms with van der Waals surface area (Å²) >= 11 is 9.65. The van der Waals surface area contributed by atoms with Crippen LogP contribution in [0.4, 0.5) is 5.69 Å². The molecular weight excluding hydrogens is 306 g/mol. The summed E-state index contributed by atoms with van der Waals surface area (Å²) in [5, 5.41) is 8.60. The van der Waals surface area contributed by atoms with Gasteiger partial charge in [-0.15, -0.1) is 22.7 Å². The molecule has 0 radical (unpaired) electrons. The highest BCUT2D eigenvalue weighted by Crippen LogP contribution is 2.29. The van der Waals surface area contributed by atoms with E-state index in [1.165, 1.54) is 9.75 Å². The lowest BCUT2D eigenvalue weighted by Crippen LogP contribution is -2.11. The highest BCUT2D eigenvalue weighted by Gasteiger charge is 2.14. The van der Waals surface area contributed by atoms with Crippen molar-refractivity contribution in [3.05, 3.63) is 74.1 Å². The predicted octanol–water partition coefficient (Wildman–Crippen LogP) is 5.86. The summed E-state index contributed by atoms with van der Waals surface area (Å²) in [5.41, 5.74) is 1.06. The Balaban J connectivity index is 1.82. The van der Waals surface area contributed by atoms with Crippen LogP contribution in [0.5, 0.6) is 0 Å². The van der Waals surface area contributed by atoms with Gasteiger partial charge in [-0.1, -0.05) is 29.8 Å². The maximum absolute atomic E-state index is 6.06. The van der Waals surface area contributed by atoms with Gasteiger partial charge in [0.1, 0.15) is 0 Å². The van der Waals surface area contributed by atoms with Crippen molar-refractivity contribution in [3.8, 4) is 0 Å². The van der Waals surface area contributed by atoms with Crippen LogP contribution in [0.25, 0.3) is 0 Å². The molecule has 0 aliphatic heterocycles. The van der Waals surface area contributed by atoms with Crippen LogP contribution in [-0.4, -0.2) is 0 Å². The fraction of sp³-hybridized carbons (Fsp3) is 0.125. The number of hydrogen-bond acceptors (Lipinski definition) is 3. The predicted molar refractivity (Wildman–Crippen MR) is 90.2 cm³/mol. The van der Waals surface area contributed by atoms with Gasteiger partial charge in [0.2, 0.25) is 0 Å². The van der Waals surface area contributed by atoms with E-state index < -0.39 is 0 Å². The molecule has 102 valence electrons. The lowest BCUT2D eigenvalue weighted by atomic mass is 10.1. The standard InChI is InChI=1S/C16H14ClNS2/c17-12-4-1-5-13(10-12)18-15(16-7-3-9-20-16)11-14-6-2-8-19-14/h1-10,15,18H,11H2. The fourth-order valence-corrected chi connectivity index (χ4v) is 3.84. The molecule has 0 aliphatic carbocycles. The first-order chi connectivity index (χ1) is 9.81. The topological polar surface area (TPSA) is 12.0 Å². The minimum absolute atomic E-state index is 0.284. The molecule has 3 rings (SSSR count). The van der Waals surface area contributed by atoms with Crippen molar-refractivity contribution in [1.29, 1.82) is 0 Å². The molecule has 2 aromatic heterocycles. The Labute approximate surface area is 131 Å². The fourth-order valence-electron chi connectivity index (χ4n) is 2.12. The summed E-state index contributed by atoms with van der Waals surface area (Å²) in [4.78, 5) is 2.73. The number of anilines is 1. The van der Waals surface area contributed by atoms with Crippen LogP contribution in [0.2, 0.25) is 5.02 Å². The van der Waals surface area contributed by atoms with E-state index in [0.717, 1.165) is 17.1 Å². The van der Waals surface area contributed by atoms with Crippen LogP contribution in [0.1, 0.15) is 15.8 Å². The molecule has 2 heterocycles. The molecule has 0 fully saturated rings. The van der Waals surface area contributed by atoms with Crippen LogP contribution in [0, 0.1) is 0 Å². The Bertz CT molecular complexity index is 647. The molecule has 0 aliphatic rings. The van der Waals surface area contributed by atoms with Crippen LogP contribution < -0.4 is 5.32 Å². The van der Waals surface area contributed by atoms with Crippen LogP contribution in [0.15, 0.2) is 59.3 Å². The highest BCUT2D eigenvalue weighted by atomic mass is 35.5. The molecule has 1 atom stereocenters. The van der Waals surface area contributed by atoms with Crippen LogP contribution in [-0.2, 0) is 6.42 Å². The Morgan fingerprint density at radius 3 is 2.55 bits per heavy atom. The van der Waals surface area contributed by atoms with Gasteiger partial charge in [0.25, 0.3) is 0 Å². The number of rotatable bonds is 5. The second kappa shape index (κ2) is 6.44. The molecule has 1 unspecified atom stereocenters. The van der Waals surface area contributed by atoms with Gasteiger partial charge >= 0.3 is 0 Å². The van der Waals surface area contributed by atoms with Crippen molar-refractivity contribution in [2.75, 3.05) is 5.32 Å². The largest absolute Gasteiger partial charge is 0.377 e. The minimum atomic E-state index is 0.284. The lowest BCUT2D eigenvalue weighted by molar-refractivity contribution is 0.802. The van der Waals surface area contributed by atoms with Crippen molar-refractivity contribution in [3.63, 3.8) is 0 Å².